The number of nitrogens with one attached hydrogen (secondary N) is 2. The van der Waals surface area contributed by atoms with E-state index in [1.165, 1.54) is 27.7 Å². The molecule has 0 aromatic carbocycles. The van der Waals surface area contributed by atoms with Crippen LogP contribution >= 0.6 is 35.2 Å². The number of rotatable bonds is 21. The third-order valence-electron chi connectivity index (χ3n) is 7.69. The number of fused-ring (bicyclic) bond motifs is 1. The molecule has 2 amide bonds. The average Bonchev–Trinajstić information content (AvgIpc) is 3.60. The van der Waals surface area contributed by atoms with Gasteiger partial charge in [0.15, 0.2) is 22.3 Å². The summed E-state index contributed by atoms with van der Waals surface area (Å²) in [5.41, 5.74) is 1.99. The molecule has 7 unspecified atom stereocenters. The number of nitrogen functional groups attached to an aromatic ring is 1. The number of aliphatic hydroxyl groups excluding tert-OH is 3. The number of hydrogen-bond donors (Lipinski definition) is 6. The van der Waals surface area contributed by atoms with Crippen LogP contribution in [0.4, 0.5) is 5.82 Å². The molecular weight excluding hydrogens is 823 g/mol. The second kappa shape index (κ2) is 18.9. The van der Waals surface area contributed by atoms with Crippen LogP contribution in [0.2, 0.25) is 0 Å². The molecule has 312 valence electrons. The first-order chi connectivity index (χ1) is 25.3. The lowest BCUT2D eigenvalue weighted by Gasteiger charge is -2.36. The van der Waals surface area contributed by atoms with Crippen molar-refractivity contribution >= 4 is 69.1 Å². The van der Waals surface area contributed by atoms with Gasteiger partial charge in [-0.1, -0.05) is 25.6 Å². The molecule has 55 heavy (non-hydrogen) atoms. The summed E-state index contributed by atoms with van der Waals surface area (Å²) in [6.45, 7) is 2.58. The normalized spacial score (nSPS) is 23.8. The van der Waals surface area contributed by atoms with Crippen LogP contribution in [-0.4, -0.2) is 114 Å². The predicted molar refractivity (Wildman–Crippen MR) is 179 cm³/mol. The standard InChI is InChI=1S/C26H44N7O18P3S/c1-14(34)9-17(36)55-8-7-28-16(35)5-6-29-24(39)21(38)25(2,3)11-48-54(45,46)51-53(43,44)47-10-15-19(50-52(40,41)42)20(37)26(4,49-15)33-13-32-18-22(27)30-12-31-23(18)33/h12-15,19-21,34,37-38H,5-11H2,1-4H3,(H,28,35)(H,29,39)(H,43,44)(H,45,46)(H2,27,30,31)(H2,40,41,42)/p-4/t14-,15?,19?,20?,21?,26?/m1/s1. The Morgan fingerprint density at radius 3 is 2.38 bits per heavy atom. The van der Waals surface area contributed by atoms with Crippen LogP contribution in [0.3, 0.4) is 0 Å². The molecule has 1 aliphatic rings. The van der Waals surface area contributed by atoms with Gasteiger partial charge in [0.25, 0.3) is 15.6 Å². The van der Waals surface area contributed by atoms with E-state index in [1.54, 1.807) is 0 Å². The maximum Gasteiger partial charge on any atom is 0.274 e. The molecule has 2 aromatic rings. The molecule has 1 saturated heterocycles. The first kappa shape index (κ1) is 46.9. The maximum atomic E-state index is 12.5. The first-order valence-corrected chi connectivity index (χ1v) is 21.3. The van der Waals surface area contributed by atoms with Gasteiger partial charge in [-0.15, -0.1) is 0 Å². The fourth-order valence-electron chi connectivity index (χ4n) is 4.89. The first-order valence-electron chi connectivity index (χ1n) is 16.0. The van der Waals surface area contributed by atoms with E-state index in [9.17, 15) is 63.0 Å². The molecule has 0 bridgehead atoms. The van der Waals surface area contributed by atoms with Crippen molar-refractivity contribution in [2.75, 3.05) is 37.8 Å². The minimum atomic E-state index is -5.94. The lowest BCUT2D eigenvalue weighted by molar-refractivity contribution is -0.347. The zero-order chi connectivity index (χ0) is 41.6. The highest BCUT2D eigenvalue weighted by Crippen LogP contribution is 2.56. The Morgan fingerprint density at radius 2 is 1.75 bits per heavy atom. The van der Waals surface area contributed by atoms with Gasteiger partial charge in [0.05, 0.1) is 33.5 Å². The number of anilines is 1. The van der Waals surface area contributed by atoms with Crippen LogP contribution in [-0.2, 0) is 56.4 Å². The monoisotopic (exact) mass is 863 g/mol. The van der Waals surface area contributed by atoms with Gasteiger partial charge in [0.2, 0.25) is 11.8 Å². The molecule has 0 spiro atoms. The van der Waals surface area contributed by atoms with Gasteiger partial charge < -0.3 is 74.1 Å². The molecule has 1 fully saturated rings. The van der Waals surface area contributed by atoms with E-state index in [0.717, 1.165) is 29.0 Å². The Kier molecular flexibility index (Phi) is 16.1. The summed E-state index contributed by atoms with van der Waals surface area (Å²) in [6.07, 6.45) is -6.98. The third kappa shape index (κ3) is 13.6. The number of carbonyl (C=O) groups is 3. The van der Waals surface area contributed by atoms with Crippen molar-refractivity contribution in [3.8, 4) is 0 Å². The second-order valence-corrected chi connectivity index (χ2v) is 18.0. The lowest BCUT2D eigenvalue weighted by Crippen LogP contribution is -2.46. The van der Waals surface area contributed by atoms with Gasteiger partial charge in [-0.3, -0.25) is 28.1 Å². The van der Waals surface area contributed by atoms with E-state index in [2.05, 4.69) is 43.5 Å². The Labute approximate surface area is 317 Å². The van der Waals surface area contributed by atoms with Crippen LogP contribution < -0.4 is 35.9 Å². The SMILES string of the molecule is C[C@@H](O)CC(=O)SCCNC(=O)CCNC(=O)C(O)C(C)(C)COP(=O)([O-])OP(=O)([O-])OCC1OC(C)(n2cnc3c(N)ncnc32)C(O)C1OP(=O)([O-])[O-]. The summed E-state index contributed by atoms with van der Waals surface area (Å²) in [6, 6.07) is 0. The Bertz CT molecular complexity index is 1830. The van der Waals surface area contributed by atoms with E-state index in [4.69, 9.17) is 10.5 Å². The van der Waals surface area contributed by atoms with E-state index in [-0.39, 0.29) is 53.8 Å². The number of ether oxygens (including phenoxy) is 1. The van der Waals surface area contributed by atoms with Gasteiger partial charge >= 0.3 is 0 Å². The zero-order valence-corrected chi connectivity index (χ0v) is 33.1. The minimum Gasteiger partial charge on any atom is -0.790 e. The molecule has 1 aliphatic heterocycles. The third-order valence-corrected chi connectivity index (χ3v) is 11.6. The van der Waals surface area contributed by atoms with Crippen molar-refractivity contribution in [2.24, 2.45) is 5.41 Å². The highest BCUT2D eigenvalue weighted by Gasteiger charge is 2.55. The predicted octanol–water partition coefficient (Wildman–Crippen LogP) is -3.92. The zero-order valence-electron chi connectivity index (χ0n) is 29.6. The van der Waals surface area contributed by atoms with Crippen LogP contribution in [0, 0.1) is 5.41 Å². The number of nitrogens with zero attached hydrogens (tertiary/aromatic N) is 4. The van der Waals surface area contributed by atoms with Crippen molar-refractivity contribution in [2.45, 2.75) is 76.8 Å². The topological polar surface area (TPSA) is 395 Å². The second-order valence-electron chi connectivity index (χ2n) is 12.8. The molecule has 3 rings (SSSR count). The summed E-state index contributed by atoms with van der Waals surface area (Å²) in [4.78, 5) is 95.8. The summed E-state index contributed by atoms with van der Waals surface area (Å²) >= 11 is 0.927. The van der Waals surface area contributed by atoms with E-state index < -0.39 is 90.2 Å². The van der Waals surface area contributed by atoms with Gasteiger partial charge in [-0.05, 0) is 13.8 Å². The minimum absolute atomic E-state index is 0.0305. The Balaban J connectivity index is 1.54. The number of phosphoric ester groups is 3. The number of amides is 2. The van der Waals surface area contributed by atoms with Gasteiger partial charge in [-0.2, -0.15) is 0 Å². The van der Waals surface area contributed by atoms with E-state index in [0.29, 0.717) is 0 Å². The fourth-order valence-corrected chi connectivity index (χ4v) is 8.40. The van der Waals surface area contributed by atoms with Gasteiger partial charge in [0.1, 0.15) is 36.3 Å². The van der Waals surface area contributed by atoms with Gasteiger partial charge in [0, 0.05) is 37.1 Å². The quantitative estimate of drug-likeness (QED) is 0.0515. The largest absolute Gasteiger partial charge is 0.790 e. The number of carbonyl (C=O) groups excluding carboxylic acids is 3. The molecular formula is C26H40N7O18P3S-4. The average molecular weight is 864 g/mol. The number of thioether (sulfide) groups is 1. The van der Waals surface area contributed by atoms with Crippen molar-refractivity contribution in [1.29, 1.82) is 0 Å². The number of nitrogens with two attached hydrogens (primary N) is 1. The summed E-state index contributed by atoms with van der Waals surface area (Å²) in [5, 5.41) is 35.3. The molecule has 8 atom stereocenters. The van der Waals surface area contributed by atoms with Crippen LogP contribution in [0.5, 0.6) is 0 Å². The fraction of sp³-hybridized carbons (Fsp3) is 0.692. The maximum absolute atomic E-state index is 12.5. The summed E-state index contributed by atoms with van der Waals surface area (Å²) in [5.74, 6) is -1.37. The summed E-state index contributed by atoms with van der Waals surface area (Å²) < 4.78 is 60.9. The highest BCUT2D eigenvalue weighted by molar-refractivity contribution is 8.13. The number of imidazole rings is 1. The highest BCUT2D eigenvalue weighted by atomic mass is 32.2. The molecule has 25 nitrogen and oxygen atoms in total. The van der Waals surface area contributed by atoms with Crippen molar-refractivity contribution < 1.29 is 85.6 Å². The Hall–Kier alpha value is -2.48. The van der Waals surface area contributed by atoms with Crippen molar-refractivity contribution in [3.63, 3.8) is 0 Å². The molecule has 7 N–H and O–H groups in total. The number of hydrogen-bond acceptors (Lipinski definition) is 23. The molecule has 0 saturated carbocycles. The van der Waals surface area contributed by atoms with Crippen LogP contribution in [0.25, 0.3) is 11.2 Å². The lowest BCUT2D eigenvalue weighted by atomic mass is 9.87. The van der Waals surface area contributed by atoms with Gasteiger partial charge in [-0.25, -0.2) is 19.3 Å². The van der Waals surface area contributed by atoms with Crippen LogP contribution in [0.15, 0.2) is 12.7 Å². The molecule has 3 heterocycles. The molecule has 0 aliphatic carbocycles. The molecule has 2 aromatic heterocycles. The summed E-state index contributed by atoms with van der Waals surface area (Å²) in [7, 11) is -17.7. The van der Waals surface area contributed by atoms with Crippen molar-refractivity contribution in [1.82, 2.24) is 30.2 Å². The van der Waals surface area contributed by atoms with E-state index >= 15 is 0 Å². The number of aliphatic hydroxyl groups is 3. The van der Waals surface area contributed by atoms with Crippen molar-refractivity contribution in [3.05, 3.63) is 12.7 Å². The smallest absolute Gasteiger partial charge is 0.274 e. The Morgan fingerprint density at radius 1 is 1.09 bits per heavy atom. The number of aromatic nitrogens is 4. The number of phosphoric acid groups is 3. The molecule has 29 heteroatoms. The van der Waals surface area contributed by atoms with E-state index in [1.807, 2.05) is 0 Å². The molecule has 0 radical (unpaired) electrons. The van der Waals surface area contributed by atoms with Crippen LogP contribution in [0.1, 0.15) is 40.5 Å².